The molecule has 0 radical (unpaired) electrons. The molecule has 1 aromatic heterocycles. The zero-order valence-corrected chi connectivity index (χ0v) is 30.9. The molecule has 1 saturated heterocycles. The third-order valence-corrected chi connectivity index (χ3v) is 13.1. The molecule has 3 heterocycles. The topological polar surface area (TPSA) is 168 Å². The Morgan fingerprint density at radius 1 is 0.926 bits per heavy atom. The summed E-state index contributed by atoms with van der Waals surface area (Å²) in [6, 6.07) is 17.2. The van der Waals surface area contributed by atoms with Crippen LogP contribution in [0, 0.1) is 5.92 Å². The number of rotatable bonds is 7. The molecule has 2 unspecified atom stereocenters. The Hall–Kier alpha value is -5.24. The number of aromatic nitrogens is 1. The third kappa shape index (κ3) is 6.83. The molecule has 14 heteroatoms. The molecule has 3 aliphatic carbocycles. The lowest BCUT2D eigenvalue weighted by molar-refractivity contribution is -0.141. The van der Waals surface area contributed by atoms with Gasteiger partial charge >= 0.3 is 0 Å². The third-order valence-electron chi connectivity index (χ3n) is 11.3. The highest BCUT2D eigenvalue weighted by molar-refractivity contribution is 7.91. The summed E-state index contributed by atoms with van der Waals surface area (Å²) < 4.78 is 29.6. The Kier molecular flexibility index (Phi) is 9.41. The summed E-state index contributed by atoms with van der Waals surface area (Å²) in [6.45, 7) is 0.00606. The molecule has 2 aromatic carbocycles. The van der Waals surface area contributed by atoms with Gasteiger partial charge in [0.05, 0.1) is 11.8 Å². The zero-order valence-electron chi connectivity index (χ0n) is 30.1. The first-order valence-corrected chi connectivity index (χ1v) is 20.3. The molecule has 3 N–H and O–H groups in total. The lowest BCUT2D eigenvalue weighted by Gasteiger charge is -2.30. The van der Waals surface area contributed by atoms with Gasteiger partial charge in [-0.25, -0.2) is 8.42 Å². The number of hydrogen-bond acceptors (Lipinski definition) is 8. The van der Waals surface area contributed by atoms with Crippen LogP contribution in [0.25, 0.3) is 11.1 Å². The van der Waals surface area contributed by atoms with E-state index in [-0.39, 0.29) is 19.4 Å². The smallest absolute Gasteiger partial charge is 0.268 e. The van der Waals surface area contributed by atoms with Crippen LogP contribution in [0.2, 0.25) is 0 Å². The number of aryl methyl sites for hydroxylation is 1. The van der Waals surface area contributed by atoms with Crippen molar-refractivity contribution in [3.8, 4) is 11.1 Å². The normalized spacial score (nSPS) is 27.2. The van der Waals surface area contributed by atoms with Crippen LogP contribution in [0.4, 0.5) is 0 Å². The van der Waals surface area contributed by atoms with Gasteiger partial charge in [0.15, 0.2) is 0 Å². The second kappa shape index (κ2) is 14.2. The molecule has 3 fully saturated rings. The molecular weight excluding hydrogens is 709 g/mol. The summed E-state index contributed by atoms with van der Waals surface area (Å²) in [5, 5.41) is 9.83. The van der Waals surface area contributed by atoms with Crippen molar-refractivity contribution < 1.29 is 32.4 Å². The van der Waals surface area contributed by atoms with Crippen LogP contribution in [-0.2, 0) is 36.3 Å². The van der Waals surface area contributed by atoms with Crippen molar-refractivity contribution in [3.05, 3.63) is 95.8 Å². The second-order valence-corrected chi connectivity index (χ2v) is 17.0. The highest BCUT2D eigenvalue weighted by atomic mass is 32.2. The summed E-state index contributed by atoms with van der Waals surface area (Å²) in [5.41, 5.74) is 3.43. The maximum atomic E-state index is 14.6. The van der Waals surface area contributed by atoms with Gasteiger partial charge in [0.1, 0.15) is 35.1 Å². The number of nitrogens with zero attached hydrogens (tertiary/aromatic N) is 3. The number of nitrogens with one attached hydrogen (secondary N) is 3. The number of sulfonamides is 1. The Morgan fingerprint density at radius 3 is 2.30 bits per heavy atom. The molecule has 8 rings (SSSR count). The van der Waals surface area contributed by atoms with Gasteiger partial charge in [-0.1, -0.05) is 78.7 Å². The van der Waals surface area contributed by atoms with E-state index in [0.717, 1.165) is 35.1 Å². The van der Waals surface area contributed by atoms with E-state index in [9.17, 15) is 27.6 Å². The summed E-state index contributed by atoms with van der Waals surface area (Å²) in [7, 11) is -2.13. The van der Waals surface area contributed by atoms with Gasteiger partial charge in [0, 0.05) is 36.7 Å². The summed E-state index contributed by atoms with van der Waals surface area (Å²) in [5.74, 6) is -2.64. The van der Waals surface area contributed by atoms with Gasteiger partial charge in [-0.2, -0.15) is 0 Å². The Balaban J connectivity index is 1.10. The molecule has 54 heavy (non-hydrogen) atoms. The predicted molar refractivity (Wildman–Crippen MR) is 200 cm³/mol. The number of oxime groups is 1. The summed E-state index contributed by atoms with van der Waals surface area (Å²) in [4.78, 5) is 63.7. The quantitative estimate of drug-likeness (QED) is 0.192. The van der Waals surface area contributed by atoms with Gasteiger partial charge in [0.25, 0.3) is 11.8 Å². The van der Waals surface area contributed by atoms with Crippen molar-refractivity contribution in [1.82, 2.24) is 24.8 Å². The van der Waals surface area contributed by atoms with Crippen molar-refractivity contribution in [3.63, 3.8) is 0 Å². The lowest BCUT2D eigenvalue weighted by Crippen LogP contribution is -2.58. The summed E-state index contributed by atoms with van der Waals surface area (Å²) >= 11 is 0. The average molecular weight is 753 g/mol. The van der Waals surface area contributed by atoms with Crippen molar-refractivity contribution in [2.45, 2.75) is 86.8 Å². The molecule has 2 aliphatic heterocycles. The minimum atomic E-state index is -3.88. The molecule has 4 amide bonds. The SMILES string of the molecule is Cn1cccc1C(=O)N[C@H]1CCCCC/C=C\C2CC2(C(=O)NS(=O)(=O)C2CC2)NC(=O)[C@@H]2C[C@@H](ON=C3c4ccccc4-c4ccccc43)CN2C1=O. The molecule has 0 spiro atoms. The van der Waals surface area contributed by atoms with E-state index in [4.69, 9.17) is 4.84 Å². The largest absolute Gasteiger partial charge is 0.390 e. The molecule has 2 saturated carbocycles. The number of carbonyl (C=O) groups excluding carboxylic acids is 4. The van der Waals surface area contributed by atoms with Gasteiger partial charge in [-0.3, -0.25) is 23.9 Å². The van der Waals surface area contributed by atoms with E-state index >= 15 is 0 Å². The van der Waals surface area contributed by atoms with E-state index in [1.807, 2.05) is 60.7 Å². The van der Waals surface area contributed by atoms with Gasteiger partial charge in [0.2, 0.25) is 21.8 Å². The number of benzene rings is 2. The van der Waals surface area contributed by atoms with Crippen LogP contribution in [0.1, 0.15) is 79.4 Å². The Morgan fingerprint density at radius 2 is 1.63 bits per heavy atom. The number of allylic oxidation sites excluding steroid dienone is 1. The number of carbonyl (C=O) groups is 4. The maximum Gasteiger partial charge on any atom is 0.268 e. The standard InChI is InChI=1S/C40H44N6O7S/c1-45-21-11-18-33(45)36(47)41-32-17-6-4-2-3-5-12-25-23-40(25,39(50)44-54(51,52)27-19-20-27)42-37(48)34-22-26(24-46(34)38(32)49)53-43-35-30-15-9-7-13-28(30)29-14-8-10-16-31(29)35/h5,7-16,18,21,25-27,32,34H,2-4,6,17,19-20,22-24H2,1H3,(H,41,47)(H,42,48)(H,44,50)/b12-5-/t25?,26-,32+,34+,40?/m1/s1. The predicted octanol–water partition coefficient (Wildman–Crippen LogP) is 3.55. The van der Waals surface area contributed by atoms with Gasteiger partial charge < -0.3 is 24.9 Å². The summed E-state index contributed by atoms with van der Waals surface area (Å²) in [6.07, 6.45) is 9.47. The van der Waals surface area contributed by atoms with Crippen LogP contribution in [-0.4, -0.2) is 82.7 Å². The fourth-order valence-electron chi connectivity index (χ4n) is 7.99. The highest BCUT2D eigenvalue weighted by Gasteiger charge is 2.62. The highest BCUT2D eigenvalue weighted by Crippen LogP contribution is 2.46. The van der Waals surface area contributed by atoms with Crippen molar-refractivity contribution in [1.29, 1.82) is 0 Å². The maximum absolute atomic E-state index is 14.6. The van der Waals surface area contributed by atoms with Gasteiger partial charge in [-0.15, -0.1) is 0 Å². The molecule has 0 bridgehead atoms. The van der Waals surface area contributed by atoms with Crippen molar-refractivity contribution >= 4 is 39.4 Å². The fraction of sp³-hybridized carbons (Fsp3) is 0.425. The van der Waals surface area contributed by atoms with Crippen LogP contribution < -0.4 is 15.4 Å². The van der Waals surface area contributed by atoms with E-state index in [1.54, 1.807) is 29.9 Å². The monoisotopic (exact) mass is 752 g/mol. The Bertz CT molecular complexity index is 2130. The van der Waals surface area contributed by atoms with Crippen LogP contribution in [0.3, 0.4) is 0 Å². The zero-order chi connectivity index (χ0) is 37.6. The molecule has 13 nitrogen and oxygen atoms in total. The Labute approximate surface area is 314 Å². The second-order valence-electron chi connectivity index (χ2n) is 15.0. The van der Waals surface area contributed by atoms with E-state index in [1.165, 1.54) is 4.90 Å². The van der Waals surface area contributed by atoms with E-state index in [2.05, 4.69) is 20.5 Å². The van der Waals surface area contributed by atoms with Crippen molar-refractivity contribution in [2.75, 3.05) is 6.54 Å². The van der Waals surface area contributed by atoms with E-state index < -0.39 is 68.5 Å². The average Bonchev–Trinajstić information content (AvgIpc) is 4.01. The first-order chi connectivity index (χ1) is 26.1. The van der Waals surface area contributed by atoms with Crippen LogP contribution >= 0.6 is 0 Å². The first-order valence-electron chi connectivity index (χ1n) is 18.8. The molecule has 5 atom stereocenters. The number of fused-ring (bicyclic) bond motifs is 5. The van der Waals surface area contributed by atoms with Crippen molar-refractivity contribution in [2.24, 2.45) is 18.1 Å². The van der Waals surface area contributed by atoms with Crippen LogP contribution in [0.5, 0.6) is 0 Å². The molecular formula is C40H44N6O7S. The molecule has 3 aromatic rings. The first kappa shape index (κ1) is 35.8. The molecule has 5 aliphatic rings. The minimum absolute atomic E-state index is 0.00606. The lowest BCUT2D eigenvalue weighted by atomic mass is 10.0. The molecule has 282 valence electrons. The van der Waals surface area contributed by atoms with Crippen LogP contribution in [0.15, 0.2) is 84.2 Å². The van der Waals surface area contributed by atoms with Gasteiger partial charge in [-0.05, 0) is 61.8 Å². The number of hydrogen-bond donors (Lipinski definition) is 3. The van der Waals surface area contributed by atoms with E-state index in [0.29, 0.717) is 43.5 Å². The minimum Gasteiger partial charge on any atom is -0.390 e. The number of amides is 4. The fourth-order valence-corrected chi connectivity index (χ4v) is 9.35.